The van der Waals surface area contributed by atoms with Crippen molar-refractivity contribution in [3.8, 4) is 11.3 Å². The first-order valence-corrected chi connectivity index (χ1v) is 9.59. The average Bonchev–Trinajstić information content (AvgIpc) is 3.17. The Morgan fingerprint density at radius 2 is 1.89 bits per heavy atom. The summed E-state index contributed by atoms with van der Waals surface area (Å²) in [6.07, 6.45) is 4.37. The number of hydrogen-bond acceptors (Lipinski definition) is 4. The first-order chi connectivity index (χ1) is 13.7. The number of hydrogen-bond donors (Lipinski definition) is 2. The molecule has 0 amide bonds. The number of pyridine rings is 1. The standard InChI is InChI=1S/C20H19N5O.C2H6/c1-2-15-13-23-25-18(22-12-14-8-9-21-19(26)10-14)11-17(24-20(15)25)16-6-4-3-5-7-16;1-2/h3-11,13,22H,2,12H2,1H3,(H,21,26);1-2H3. The van der Waals surface area contributed by atoms with Crippen molar-refractivity contribution < 1.29 is 0 Å². The summed E-state index contributed by atoms with van der Waals surface area (Å²) in [6, 6.07) is 15.5. The van der Waals surface area contributed by atoms with E-state index in [2.05, 4.69) is 22.3 Å². The molecule has 4 aromatic rings. The molecular weight excluding hydrogens is 350 g/mol. The topological polar surface area (TPSA) is 75.1 Å². The number of H-pyrrole nitrogens is 1. The van der Waals surface area contributed by atoms with Gasteiger partial charge in [0.05, 0.1) is 11.9 Å². The van der Waals surface area contributed by atoms with Gasteiger partial charge < -0.3 is 10.3 Å². The van der Waals surface area contributed by atoms with E-state index in [1.807, 2.05) is 67.0 Å². The second kappa shape index (κ2) is 8.99. The number of fused-ring (bicyclic) bond motifs is 1. The van der Waals surface area contributed by atoms with Crippen LogP contribution in [0.25, 0.3) is 16.9 Å². The summed E-state index contributed by atoms with van der Waals surface area (Å²) in [5.41, 5.74) is 4.69. The summed E-state index contributed by atoms with van der Waals surface area (Å²) in [5, 5.41) is 7.86. The molecule has 0 saturated heterocycles. The first-order valence-electron chi connectivity index (χ1n) is 9.59. The molecule has 0 aliphatic heterocycles. The zero-order valence-electron chi connectivity index (χ0n) is 16.4. The third kappa shape index (κ3) is 4.11. The second-order valence-corrected chi connectivity index (χ2v) is 6.07. The van der Waals surface area contributed by atoms with Crippen LogP contribution in [0.1, 0.15) is 31.9 Å². The molecule has 1 aromatic carbocycles. The number of aromatic amines is 1. The van der Waals surface area contributed by atoms with Gasteiger partial charge in [-0.3, -0.25) is 4.79 Å². The van der Waals surface area contributed by atoms with Crippen LogP contribution in [0, 0.1) is 0 Å². The summed E-state index contributed by atoms with van der Waals surface area (Å²) < 4.78 is 1.82. The first kappa shape index (κ1) is 19.4. The van der Waals surface area contributed by atoms with Crippen LogP contribution in [-0.2, 0) is 13.0 Å². The maximum Gasteiger partial charge on any atom is 0.248 e. The lowest BCUT2D eigenvalue weighted by atomic mass is 10.1. The van der Waals surface area contributed by atoms with Crippen molar-refractivity contribution in [3.05, 3.63) is 82.4 Å². The maximum atomic E-state index is 11.5. The van der Waals surface area contributed by atoms with Gasteiger partial charge in [-0.25, -0.2) is 4.98 Å². The van der Waals surface area contributed by atoms with E-state index in [1.165, 1.54) is 0 Å². The molecule has 0 aliphatic carbocycles. The second-order valence-electron chi connectivity index (χ2n) is 6.07. The van der Waals surface area contributed by atoms with Crippen molar-refractivity contribution in [2.75, 3.05) is 5.32 Å². The third-order valence-corrected chi connectivity index (χ3v) is 4.31. The fraction of sp³-hybridized carbons (Fsp3) is 0.227. The highest BCUT2D eigenvalue weighted by atomic mass is 16.1. The molecule has 3 aromatic heterocycles. The Balaban J connectivity index is 0.00000109. The Morgan fingerprint density at radius 1 is 1.11 bits per heavy atom. The van der Waals surface area contributed by atoms with Gasteiger partial charge in [-0.1, -0.05) is 51.1 Å². The van der Waals surface area contributed by atoms with Crippen LogP contribution in [-0.4, -0.2) is 19.6 Å². The van der Waals surface area contributed by atoms with Gasteiger partial charge in [0, 0.05) is 36.0 Å². The van der Waals surface area contributed by atoms with Crippen molar-refractivity contribution in [1.82, 2.24) is 19.6 Å². The minimum atomic E-state index is -0.110. The summed E-state index contributed by atoms with van der Waals surface area (Å²) in [5.74, 6) is 0.842. The molecule has 0 atom stereocenters. The highest BCUT2D eigenvalue weighted by molar-refractivity contribution is 5.67. The number of benzene rings is 1. The molecule has 0 saturated carbocycles. The van der Waals surface area contributed by atoms with E-state index in [0.29, 0.717) is 6.54 Å². The molecule has 144 valence electrons. The van der Waals surface area contributed by atoms with Gasteiger partial charge in [-0.05, 0) is 18.1 Å². The van der Waals surface area contributed by atoms with Crippen LogP contribution in [0.3, 0.4) is 0 Å². The number of nitrogens with zero attached hydrogens (tertiary/aromatic N) is 3. The van der Waals surface area contributed by atoms with Crippen molar-refractivity contribution in [3.63, 3.8) is 0 Å². The third-order valence-electron chi connectivity index (χ3n) is 4.31. The van der Waals surface area contributed by atoms with E-state index < -0.39 is 0 Å². The molecule has 0 spiro atoms. The van der Waals surface area contributed by atoms with Crippen LogP contribution < -0.4 is 10.9 Å². The lowest BCUT2D eigenvalue weighted by Crippen LogP contribution is -2.10. The van der Waals surface area contributed by atoms with Crippen molar-refractivity contribution in [2.45, 2.75) is 33.7 Å². The number of aryl methyl sites for hydroxylation is 1. The Bertz CT molecular complexity index is 1100. The maximum absolute atomic E-state index is 11.5. The number of rotatable bonds is 5. The van der Waals surface area contributed by atoms with Crippen LogP contribution in [0.4, 0.5) is 5.82 Å². The van der Waals surface area contributed by atoms with Gasteiger partial charge in [-0.2, -0.15) is 9.61 Å². The van der Waals surface area contributed by atoms with Crippen LogP contribution in [0.5, 0.6) is 0 Å². The zero-order valence-corrected chi connectivity index (χ0v) is 16.4. The fourth-order valence-electron chi connectivity index (χ4n) is 2.93. The fourth-order valence-corrected chi connectivity index (χ4v) is 2.93. The van der Waals surface area contributed by atoms with Gasteiger partial charge in [-0.15, -0.1) is 0 Å². The van der Waals surface area contributed by atoms with Crippen molar-refractivity contribution in [1.29, 1.82) is 0 Å². The van der Waals surface area contributed by atoms with Crippen LogP contribution in [0.15, 0.2) is 65.7 Å². The SMILES string of the molecule is CC.CCc1cnn2c(NCc3cc[nH]c(=O)c3)cc(-c3ccccc3)nc12. The minimum Gasteiger partial charge on any atom is -0.366 e. The molecular formula is C22H25N5O. The van der Waals surface area contributed by atoms with Gasteiger partial charge in [0.2, 0.25) is 5.56 Å². The lowest BCUT2D eigenvalue weighted by Gasteiger charge is -2.11. The molecule has 0 unspecified atom stereocenters. The predicted molar refractivity (Wildman–Crippen MR) is 114 cm³/mol. The molecule has 0 radical (unpaired) electrons. The highest BCUT2D eigenvalue weighted by Gasteiger charge is 2.11. The quantitative estimate of drug-likeness (QED) is 0.546. The van der Waals surface area contributed by atoms with Crippen molar-refractivity contribution >= 4 is 11.5 Å². The lowest BCUT2D eigenvalue weighted by molar-refractivity contribution is 0.925. The van der Waals surface area contributed by atoms with E-state index in [4.69, 9.17) is 4.98 Å². The summed E-state index contributed by atoms with van der Waals surface area (Å²) in [7, 11) is 0. The number of aromatic nitrogens is 4. The van der Waals surface area contributed by atoms with E-state index in [1.54, 1.807) is 12.3 Å². The Kier molecular flexibility index (Phi) is 6.22. The molecule has 0 fully saturated rings. The normalized spacial score (nSPS) is 10.4. The molecule has 6 heteroatoms. The Labute approximate surface area is 164 Å². The molecule has 0 aliphatic rings. The van der Waals surface area contributed by atoms with Gasteiger partial charge in [0.1, 0.15) is 5.82 Å². The smallest absolute Gasteiger partial charge is 0.248 e. The van der Waals surface area contributed by atoms with Crippen LogP contribution in [0.2, 0.25) is 0 Å². The molecule has 6 nitrogen and oxygen atoms in total. The van der Waals surface area contributed by atoms with Crippen LogP contribution >= 0.6 is 0 Å². The van der Waals surface area contributed by atoms with Gasteiger partial charge in [0.25, 0.3) is 0 Å². The molecule has 2 N–H and O–H groups in total. The Hall–Kier alpha value is -3.41. The van der Waals surface area contributed by atoms with E-state index in [9.17, 15) is 4.79 Å². The highest BCUT2D eigenvalue weighted by Crippen LogP contribution is 2.24. The summed E-state index contributed by atoms with van der Waals surface area (Å²) >= 11 is 0. The summed E-state index contributed by atoms with van der Waals surface area (Å²) in [4.78, 5) is 18.9. The molecule has 28 heavy (non-hydrogen) atoms. The van der Waals surface area contributed by atoms with Gasteiger partial charge in [0.15, 0.2) is 5.65 Å². The molecule has 4 rings (SSSR count). The minimum absolute atomic E-state index is 0.110. The Morgan fingerprint density at radius 3 is 2.61 bits per heavy atom. The van der Waals surface area contributed by atoms with E-state index in [0.717, 1.165) is 40.3 Å². The number of anilines is 1. The summed E-state index contributed by atoms with van der Waals surface area (Å²) in [6.45, 7) is 6.62. The van der Waals surface area contributed by atoms with E-state index >= 15 is 0 Å². The monoisotopic (exact) mass is 375 g/mol. The zero-order chi connectivity index (χ0) is 19.9. The van der Waals surface area contributed by atoms with Gasteiger partial charge >= 0.3 is 0 Å². The molecule has 3 heterocycles. The largest absolute Gasteiger partial charge is 0.366 e. The number of nitrogens with one attached hydrogen (secondary N) is 2. The van der Waals surface area contributed by atoms with E-state index in [-0.39, 0.29) is 5.56 Å². The average molecular weight is 375 g/mol. The predicted octanol–water partition coefficient (Wildman–Crippen LogP) is 4.29. The molecule has 0 bridgehead atoms. The van der Waals surface area contributed by atoms with Crippen molar-refractivity contribution in [2.24, 2.45) is 0 Å².